The number of carbonyl (C=O) groups is 2. The highest BCUT2D eigenvalue weighted by Crippen LogP contribution is 1.93. The van der Waals surface area contributed by atoms with Crippen molar-refractivity contribution in [2.24, 2.45) is 5.92 Å². The zero-order valence-corrected chi connectivity index (χ0v) is 4.55. The minimum absolute atomic E-state index is 0.419. The summed E-state index contributed by atoms with van der Waals surface area (Å²) in [6.07, 6.45) is 0. The predicted molar refractivity (Wildman–Crippen MR) is 27.2 cm³/mol. The molecule has 0 aliphatic carbocycles. The van der Waals surface area contributed by atoms with Crippen LogP contribution in [0.25, 0.3) is 0 Å². The number of hydrogen-bond acceptors (Lipinski definition) is 2. The van der Waals surface area contributed by atoms with Crippen molar-refractivity contribution in [1.29, 1.82) is 0 Å². The number of carboxylic acids is 1. The lowest BCUT2D eigenvalue weighted by Crippen LogP contribution is -2.17. The van der Waals surface area contributed by atoms with E-state index in [0.717, 1.165) is 0 Å². The van der Waals surface area contributed by atoms with E-state index in [4.69, 9.17) is 5.11 Å². The third-order valence-electron chi connectivity index (χ3n) is 0.789. The zero-order chi connectivity index (χ0) is 6.73. The van der Waals surface area contributed by atoms with Crippen molar-refractivity contribution in [3.05, 3.63) is 6.92 Å². The number of carbonyl (C=O) groups excluding carboxylic acids is 1. The number of ketones is 1. The summed E-state index contributed by atoms with van der Waals surface area (Å²) in [6.45, 7) is 4.29. The molecule has 0 aromatic carbocycles. The van der Waals surface area contributed by atoms with Crippen molar-refractivity contribution in [3.8, 4) is 0 Å². The van der Waals surface area contributed by atoms with Gasteiger partial charge >= 0.3 is 5.97 Å². The lowest BCUT2D eigenvalue weighted by molar-refractivity contribution is -0.143. The molecule has 3 heteroatoms. The van der Waals surface area contributed by atoms with Gasteiger partial charge in [0.15, 0.2) is 5.78 Å². The monoisotopic (exact) mass is 115 g/mol. The summed E-state index contributed by atoms with van der Waals surface area (Å²) in [5.74, 6) is -2.69. The van der Waals surface area contributed by atoms with E-state index in [1.807, 2.05) is 0 Å². The SMILES string of the molecule is [CH2+]C(C(C)=O)C(=O)O. The lowest BCUT2D eigenvalue weighted by Gasteiger charge is -1.88. The summed E-state index contributed by atoms with van der Waals surface area (Å²) in [7, 11) is 0. The molecule has 1 N–H and O–H groups in total. The number of rotatable bonds is 2. The predicted octanol–water partition coefficient (Wildman–Crippen LogP) is 0.110. The first-order valence-electron chi connectivity index (χ1n) is 2.12. The standard InChI is InChI=1S/C5H6O3/c1-3(4(2)6)5(7)8/h3H,1H2,2H3/p+1. The summed E-state index contributed by atoms with van der Waals surface area (Å²) in [5.41, 5.74) is 0. The van der Waals surface area contributed by atoms with Crippen LogP contribution >= 0.6 is 0 Å². The van der Waals surface area contributed by atoms with Crippen molar-refractivity contribution < 1.29 is 14.7 Å². The van der Waals surface area contributed by atoms with E-state index in [-0.39, 0.29) is 0 Å². The Morgan fingerprint density at radius 3 is 2.00 bits per heavy atom. The lowest BCUT2D eigenvalue weighted by atomic mass is 10.1. The van der Waals surface area contributed by atoms with E-state index in [9.17, 15) is 9.59 Å². The van der Waals surface area contributed by atoms with Gasteiger partial charge in [-0.15, -0.1) is 0 Å². The molecular formula is C5H7O3+. The average Bonchev–Trinajstić information content (AvgIpc) is 1.64. The molecule has 1 atom stereocenters. The van der Waals surface area contributed by atoms with Crippen LogP contribution in [0.4, 0.5) is 0 Å². The van der Waals surface area contributed by atoms with Gasteiger partial charge in [0.05, 0.1) is 6.92 Å². The second-order valence-corrected chi connectivity index (χ2v) is 1.50. The molecular weight excluding hydrogens is 108 g/mol. The molecule has 0 fully saturated rings. The average molecular weight is 115 g/mol. The summed E-state index contributed by atoms with van der Waals surface area (Å²) in [5, 5.41) is 8.07. The smallest absolute Gasteiger partial charge is 0.359 e. The first-order valence-corrected chi connectivity index (χ1v) is 2.12. The molecule has 0 aromatic rings. The van der Waals surface area contributed by atoms with Crippen LogP contribution in [0.2, 0.25) is 0 Å². The number of Topliss-reactive ketones (excluding diaryl/α,β-unsaturated/α-hetero) is 1. The van der Waals surface area contributed by atoms with Crippen LogP contribution in [-0.4, -0.2) is 16.9 Å². The highest BCUT2D eigenvalue weighted by molar-refractivity contribution is 5.97. The van der Waals surface area contributed by atoms with Gasteiger partial charge in [0, 0.05) is 0 Å². The van der Waals surface area contributed by atoms with Gasteiger partial charge in [0.1, 0.15) is 0 Å². The molecule has 0 rings (SSSR count). The van der Waals surface area contributed by atoms with Gasteiger partial charge in [-0.1, -0.05) is 0 Å². The Morgan fingerprint density at radius 1 is 1.62 bits per heavy atom. The summed E-state index contributed by atoms with van der Waals surface area (Å²) >= 11 is 0. The van der Waals surface area contributed by atoms with E-state index < -0.39 is 17.7 Å². The molecule has 0 aliphatic heterocycles. The third kappa shape index (κ3) is 1.64. The topological polar surface area (TPSA) is 54.4 Å². The zero-order valence-electron chi connectivity index (χ0n) is 4.55. The van der Waals surface area contributed by atoms with E-state index >= 15 is 0 Å². The van der Waals surface area contributed by atoms with Crippen LogP contribution in [0.5, 0.6) is 0 Å². The van der Waals surface area contributed by atoms with Gasteiger partial charge in [-0.2, -0.15) is 0 Å². The Kier molecular flexibility index (Phi) is 2.06. The van der Waals surface area contributed by atoms with Crippen LogP contribution in [0.3, 0.4) is 0 Å². The Morgan fingerprint density at radius 2 is 2.00 bits per heavy atom. The second kappa shape index (κ2) is 2.35. The fourth-order valence-electron chi connectivity index (χ4n) is 0.174. The molecule has 0 radical (unpaired) electrons. The van der Waals surface area contributed by atoms with Gasteiger partial charge in [-0.25, -0.2) is 4.79 Å². The highest BCUT2D eigenvalue weighted by Gasteiger charge is 2.22. The molecule has 0 saturated heterocycles. The maximum Gasteiger partial charge on any atom is 0.359 e. The van der Waals surface area contributed by atoms with Crippen molar-refractivity contribution in [1.82, 2.24) is 0 Å². The molecule has 0 saturated carbocycles. The fourth-order valence-corrected chi connectivity index (χ4v) is 0.174. The number of aliphatic carboxylic acids is 1. The Bertz CT molecular complexity index is 103. The minimum atomic E-state index is -1.17. The van der Waals surface area contributed by atoms with Crippen molar-refractivity contribution in [2.75, 3.05) is 0 Å². The molecule has 0 amide bonds. The van der Waals surface area contributed by atoms with Crippen LogP contribution in [0, 0.1) is 12.8 Å². The second-order valence-electron chi connectivity index (χ2n) is 1.50. The van der Waals surface area contributed by atoms with Gasteiger partial charge < -0.3 is 5.11 Å². The van der Waals surface area contributed by atoms with E-state index in [0.29, 0.717) is 0 Å². The molecule has 1 unspecified atom stereocenters. The summed E-state index contributed by atoms with van der Waals surface area (Å²) < 4.78 is 0. The van der Waals surface area contributed by atoms with Gasteiger partial charge in [-0.3, -0.25) is 4.79 Å². The highest BCUT2D eigenvalue weighted by atomic mass is 16.4. The maximum absolute atomic E-state index is 10.1. The molecule has 8 heavy (non-hydrogen) atoms. The Labute approximate surface area is 47.3 Å². The molecule has 0 aromatic heterocycles. The molecule has 0 bridgehead atoms. The first-order chi connectivity index (χ1) is 3.55. The summed E-state index contributed by atoms with van der Waals surface area (Å²) in [6, 6.07) is 0. The van der Waals surface area contributed by atoms with Crippen LogP contribution in [0.1, 0.15) is 6.92 Å². The Hall–Kier alpha value is -0.990. The third-order valence-corrected chi connectivity index (χ3v) is 0.789. The van der Waals surface area contributed by atoms with Crippen molar-refractivity contribution in [3.63, 3.8) is 0 Å². The molecule has 3 nitrogen and oxygen atoms in total. The first kappa shape index (κ1) is 7.01. The fraction of sp³-hybridized carbons (Fsp3) is 0.400. The number of hydrogen-bond donors (Lipinski definition) is 1. The van der Waals surface area contributed by atoms with Crippen LogP contribution in [-0.2, 0) is 9.59 Å². The van der Waals surface area contributed by atoms with Gasteiger partial charge in [0.2, 0.25) is 5.92 Å². The normalized spacial score (nSPS) is 12.6. The van der Waals surface area contributed by atoms with Crippen LogP contribution in [0.15, 0.2) is 0 Å². The summed E-state index contributed by atoms with van der Waals surface area (Å²) in [4.78, 5) is 20.0. The van der Waals surface area contributed by atoms with Gasteiger partial charge in [-0.05, 0) is 6.92 Å². The molecule has 0 aliphatic rings. The number of carboxylic acid groups (broad SMARTS) is 1. The molecule has 0 heterocycles. The van der Waals surface area contributed by atoms with E-state index in [1.165, 1.54) is 6.92 Å². The van der Waals surface area contributed by atoms with E-state index in [2.05, 4.69) is 6.92 Å². The van der Waals surface area contributed by atoms with Crippen molar-refractivity contribution >= 4 is 11.8 Å². The van der Waals surface area contributed by atoms with E-state index in [1.54, 1.807) is 0 Å². The quantitative estimate of drug-likeness (QED) is 0.410. The Balaban J connectivity index is 3.83. The molecule has 0 spiro atoms. The minimum Gasteiger partial charge on any atom is -0.478 e. The maximum atomic E-state index is 10.1. The molecule has 44 valence electrons. The van der Waals surface area contributed by atoms with Gasteiger partial charge in [0.25, 0.3) is 0 Å². The van der Waals surface area contributed by atoms with Crippen molar-refractivity contribution in [2.45, 2.75) is 6.92 Å². The van der Waals surface area contributed by atoms with Crippen LogP contribution < -0.4 is 0 Å². The largest absolute Gasteiger partial charge is 0.478 e.